The first-order valence-electron chi connectivity index (χ1n) is 6.77. The molecule has 1 N–H and O–H groups in total. The molecule has 0 fully saturated rings. The van der Waals surface area contributed by atoms with Gasteiger partial charge in [0, 0.05) is 26.6 Å². The Bertz CT molecular complexity index is 315. The van der Waals surface area contributed by atoms with Crippen molar-refractivity contribution in [3.05, 3.63) is 11.8 Å². The van der Waals surface area contributed by atoms with Gasteiger partial charge in [-0.1, -0.05) is 13.8 Å². The fourth-order valence-corrected chi connectivity index (χ4v) is 1.78. The highest BCUT2D eigenvalue weighted by molar-refractivity contribution is 4.84. The zero-order valence-electron chi connectivity index (χ0n) is 11.7. The van der Waals surface area contributed by atoms with Crippen molar-refractivity contribution < 1.29 is 9.15 Å². The summed E-state index contributed by atoms with van der Waals surface area (Å²) in [5, 5.41) is 11.5. The summed E-state index contributed by atoms with van der Waals surface area (Å²) >= 11 is 0. The Kier molecular flexibility index (Phi) is 7.60. The Labute approximate surface area is 109 Å². The van der Waals surface area contributed by atoms with Crippen LogP contribution in [0.4, 0.5) is 0 Å². The summed E-state index contributed by atoms with van der Waals surface area (Å²) in [6, 6.07) is 0. The van der Waals surface area contributed by atoms with Crippen LogP contribution in [0.5, 0.6) is 0 Å². The molecule has 104 valence electrons. The second-order valence-corrected chi connectivity index (χ2v) is 4.71. The number of aryl methyl sites for hydroxylation is 1. The van der Waals surface area contributed by atoms with Gasteiger partial charge >= 0.3 is 0 Å². The Hall–Kier alpha value is -0.940. The van der Waals surface area contributed by atoms with Gasteiger partial charge in [0.1, 0.15) is 0 Å². The van der Waals surface area contributed by atoms with Gasteiger partial charge in [-0.2, -0.15) is 0 Å². The predicted molar refractivity (Wildman–Crippen MR) is 70.5 cm³/mol. The van der Waals surface area contributed by atoms with E-state index in [1.54, 1.807) is 7.11 Å². The summed E-state index contributed by atoms with van der Waals surface area (Å²) in [6.45, 7) is 7.08. The highest BCUT2D eigenvalue weighted by Crippen LogP contribution is 2.09. The van der Waals surface area contributed by atoms with E-state index in [0.29, 0.717) is 5.92 Å². The molecular weight excluding hydrogens is 230 g/mol. The Morgan fingerprint density at radius 3 is 2.78 bits per heavy atom. The Morgan fingerprint density at radius 1 is 1.28 bits per heavy atom. The molecule has 1 atom stereocenters. The zero-order valence-corrected chi connectivity index (χ0v) is 11.7. The van der Waals surface area contributed by atoms with E-state index in [0.717, 1.165) is 50.7 Å². The van der Waals surface area contributed by atoms with Gasteiger partial charge in [0.15, 0.2) is 0 Å². The molecule has 5 heteroatoms. The lowest BCUT2D eigenvalue weighted by molar-refractivity contribution is 0.156. The van der Waals surface area contributed by atoms with Crippen molar-refractivity contribution in [2.75, 3.05) is 26.8 Å². The lowest BCUT2D eigenvalue weighted by atomic mass is 10.1. The fourth-order valence-electron chi connectivity index (χ4n) is 1.78. The average molecular weight is 255 g/mol. The lowest BCUT2D eigenvalue weighted by Gasteiger charge is -2.05. The molecule has 0 aliphatic carbocycles. The van der Waals surface area contributed by atoms with Gasteiger partial charge in [0.2, 0.25) is 11.8 Å². The molecule has 5 nitrogen and oxygen atoms in total. The molecule has 18 heavy (non-hydrogen) atoms. The third-order valence-electron chi connectivity index (χ3n) is 2.65. The van der Waals surface area contributed by atoms with Gasteiger partial charge in [0.25, 0.3) is 0 Å². The molecule has 1 rings (SSSR count). The monoisotopic (exact) mass is 255 g/mol. The van der Waals surface area contributed by atoms with Crippen LogP contribution in [-0.4, -0.2) is 37.0 Å². The van der Waals surface area contributed by atoms with Gasteiger partial charge in [-0.3, -0.25) is 0 Å². The lowest BCUT2D eigenvalue weighted by Crippen LogP contribution is -2.16. The first-order chi connectivity index (χ1) is 8.76. The van der Waals surface area contributed by atoms with Crippen LogP contribution in [-0.2, 0) is 17.6 Å². The second kappa shape index (κ2) is 9.05. The van der Waals surface area contributed by atoms with Crippen LogP contribution in [0.1, 0.15) is 38.5 Å². The van der Waals surface area contributed by atoms with Crippen molar-refractivity contribution in [3.63, 3.8) is 0 Å². The van der Waals surface area contributed by atoms with Gasteiger partial charge in [-0.05, 0) is 31.8 Å². The average Bonchev–Trinajstić information content (AvgIpc) is 2.77. The number of methoxy groups -OCH3 is 1. The number of nitrogens with one attached hydrogen (secondary N) is 1. The van der Waals surface area contributed by atoms with E-state index in [-0.39, 0.29) is 0 Å². The van der Waals surface area contributed by atoms with Crippen molar-refractivity contribution in [2.24, 2.45) is 5.92 Å². The largest absolute Gasteiger partial charge is 0.425 e. The molecule has 1 aromatic rings. The second-order valence-electron chi connectivity index (χ2n) is 4.71. The minimum absolute atomic E-state index is 0.412. The van der Waals surface area contributed by atoms with E-state index in [1.165, 1.54) is 6.42 Å². The fraction of sp³-hybridized carbons (Fsp3) is 0.846. The molecule has 0 aromatic carbocycles. The number of ether oxygens (including phenoxy) is 1. The van der Waals surface area contributed by atoms with Crippen molar-refractivity contribution in [1.82, 2.24) is 15.5 Å². The summed E-state index contributed by atoms with van der Waals surface area (Å²) in [4.78, 5) is 0. The van der Waals surface area contributed by atoms with Crippen LogP contribution in [0.25, 0.3) is 0 Å². The summed E-state index contributed by atoms with van der Waals surface area (Å²) < 4.78 is 10.7. The van der Waals surface area contributed by atoms with Gasteiger partial charge in [-0.25, -0.2) is 0 Å². The van der Waals surface area contributed by atoms with E-state index in [1.807, 2.05) is 0 Å². The number of nitrogens with zero attached hydrogens (tertiary/aromatic N) is 2. The van der Waals surface area contributed by atoms with Crippen LogP contribution in [0.15, 0.2) is 4.42 Å². The highest BCUT2D eigenvalue weighted by atomic mass is 16.5. The van der Waals surface area contributed by atoms with Crippen molar-refractivity contribution in [2.45, 2.75) is 39.5 Å². The van der Waals surface area contributed by atoms with Crippen LogP contribution >= 0.6 is 0 Å². The number of aromatic nitrogens is 2. The Morgan fingerprint density at radius 2 is 2.06 bits per heavy atom. The molecule has 0 amide bonds. The smallest absolute Gasteiger partial charge is 0.216 e. The number of rotatable bonds is 10. The predicted octanol–water partition coefficient (Wildman–Crippen LogP) is 1.83. The molecule has 0 saturated heterocycles. The zero-order chi connectivity index (χ0) is 13.2. The minimum Gasteiger partial charge on any atom is -0.425 e. The van der Waals surface area contributed by atoms with Gasteiger partial charge < -0.3 is 14.5 Å². The summed E-state index contributed by atoms with van der Waals surface area (Å²) in [6.07, 6.45) is 3.84. The van der Waals surface area contributed by atoms with E-state index in [2.05, 4.69) is 29.4 Å². The van der Waals surface area contributed by atoms with E-state index in [4.69, 9.17) is 9.15 Å². The first kappa shape index (κ1) is 15.1. The topological polar surface area (TPSA) is 60.2 Å². The maximum Gasteiger partial charge on any atom is 0.216 e. The highest BCUT2D eigenvalue weighted by Gasteiger charge is 2.10. The minimum atomic E-state index is 0.412. The molecule has 1 unspecified atom stereocenters. The van der Waals surface area contributed by atoms with E-state index < -0.39 is 0 Å². The number of hydrogen-bond donors (Lipinski definition) is 1. The first-order valence-corrected chi connectivity index (χ1v) is 6.77. The molecule has 0 aliphatic heterocycles. The Balaban J connectivity index is 2.21. The standard InChI is InChI=1S/C13H25N3O2/c1-4-7-14-8-5-6-12-15-16-13(18-12)9-11(2)10-17-3/h11,14H,4-10H2,1-3H3. The summed E-state index contributed by atoms with van der Waals surface area (Å²) in [5.41, 5.74) is 0. The molecule has 0 saturated carbocycles. The molecule has 0 aliphatic rings. The van der Waals surface area contributed by atoms with Crippen LogP contribution < -0.4 is 5.32 Å². The maximum atomic E-state index is 5.60. The van der Waals surface area contributed by atoms with E-state index in [9.17, 15) is 0 Å². The summed E-state index contributed by atoms with van der Waals surface area (Å²) in [7, 11) is 1.71. The van der Waals surface area contributed by atoms with Crippen molar-refractivity contribution >= 4 is 0 Å². The van der Waals surface area contributed by atoms with Crippen molar-refractivity contribution in [3.8, 4) is 0 Å². The maximum absolute atomic E-state index is 5.60. The number of hydrogen-bond acceptors (Lipinski definition) is 5. The third-order valence-corrected chi connectivity index (χ3v) is 2.65. The summed E-state index contributed by atoms with van der Waals surface area (Å²) in [5.74, 6) is 1.87. The van der Waals surface area contributed by atoms with Gasteiger partial charge in [-0.15, -0.1) is 10.2 Å². The molecule has 1 aromatic heterocycles. The quantitative estimate of drug-likeness (QED) is 0.646. The van der Waals surface area contributed by atoms with Crippen LogP contribution in [0.2, 0.25) is 0 Å². The van der Waals surface area contributed by atoms with Crippen LogP contribution in [0, 0.1) is 5.92 Å². The van der Waals surface area contributed by atoms with E-state index >= 15 is 0 Å². The molecule has 0 radical (unpaired) electrons. The molecule has 1 heterocycles. The van der Waals surface area contributed by atoms with Gasteiger partial charge in [0.05, 0.1) is 0 Å². The molecule has 0 spiro atoms. The molecule has 0 bridgehead atoms. The van der Waals surface area contributed by atoms with Crippen molar-refractivity contribution in [1.29, 1.82) is 0 Å². The van der Waals surface area contributed by atoms with Crippen LogP contribution in [0.3, 0.4) is 0 Å². The normalized spacial score (nSPS) is 12.8. The third kappa shape index (κ3) is 6.12. The SMILES string of the molecule is CCCNCCCc1nnc(CC(C)COC)o1. The molecular formula is C13H25N3O2.